The zero-order valence-electron chi connectivity index (χ0n) is 12.8. The molecule has 3 rings (SSSR count). The van der Waals surface area contributed by atoms with Crippen molar-refractivity contribution in [2.24, 2.45) is 11.8 Å². The second-order valence-electron chi connectivity index (χ2n) is 6.18. The highest BCUT2D eigenvalue weighted by molar-refractivity contribution is 7.80. The summed E-state index contributed by atoms with van der Waals surface area (Å²) in [6.45, 7) is 2.18. The fraction of sp³-hybridized carbons (Fsp3) is 0.529. The van der Waals surface area contributed by atoms with Crippen molar-refractivity contribution in [3.63, 3.8) is 0 Å². The summed E-state index contributed by atoms with van der Waals surface area (Å²) in [7, 11) is 0. The van der Waals surface area contributed by atoms with E-state index in [0.29, 0.717) is 23.3 Å². The second-order valence-corrected chi connectivity index (χ2v) is 6.59. The van der Waals surface area contributed by atoms with Crippen LogP contribution >= 0.6 is 12.2 Å². The number of ether oxygens (including phenoxy) is 1. The third kappa shape index (κ3) is 3.40. The molecule has 0 aliphatic heterocycles. The van der Waals surface area contributed by atoms with Crippen LogP contribution in [0.2, 0.25) is 0 Å². The van der Waals surface area contributed by atoms with Gasteiger partial charge in [0.05, 0.1) is 12.2 Å². The molecule has 0 radical (unpaired) electrons. The first-order valence-electron chi connectivity index (χ1n) is 8.00. The zero-order valence-corrected chi connectivity index (χ0v) is 13.6. The van der Waals surface area contributed by atoms with Crippen LogP contribution < -0.4 is 10.6 Å². The third-order valence-corrected chi connectivity index (χ3v) is 4.91. The number of thiocarbonyl (C=S) groups is 1. The Morgan fingerprint density at radius 2 is 2.23 bits per heavy atom. The predicted octanol–water partition coefficient (Wildman–Crippen LogP) is 3.34. The topological polar surface area (TPSA) is 50.4 Å². The van der Waals surface area contributed by atoms with Gasteiger partial charge in [-0.15, -0.1) is 0 Å². The molecule has 1 aromatic rings. The van der Waals surface area contributed by atoms with Gasteiger partial charge in [0.15, 0.2) is 5.11 Å². The van der Waals surface area contributed by atoms with Crippen molar-refractivity contribution in [3.05, 3.63) is 29.8 Å². The van der Waals surface area contributed by atoms with E-state index in [1.807, 2.05) is 12.1 Å². The average molecular weight is 318 g/mol. The lowest BCUT2D eigenvalue weighted by Crippen LogP contribution is -2.40. The van der Waals surface area contributed by atoms with Crippen LogP contribution in [0.25, 0.3) is 0 Å². The lowest BCUT2D eigenvalue weighted by molar-refractivity contribution is 0.0526. The van der Waals surface area contributed by atoms with Gasteiger partial charge < -0.3 is 15.4 Å². The van der Waals surface area contributed by atoms with E-state index >= 15 is 0 Å². The number of benzene rings is 1. The van der Waals surface area contributed by atoms with E-state index in [2.05, 4.69) is 10.6 Å². The summed E-state index contributed by atoms with van der Waals surface area (Å²) in [6, 6.07) is 7.75. The average Bonchev–Trinajstić information content (AvgIpc) is 3.10. The van der Waals surface area contributed by atoms with Crippen LogP contribution in [0.4, 0.5) is 5.69 Å². The van der Waals surface area contributed by atoms with Gasteiger partial charge in [0.1, 0.15) is 0 Å². The van der Waals surface area contributed by atoms with Crippen LogP contribution in [0.15, 0.2) is 24.3 Å². The Kier molecular flexibility index (Phi) is 4.62. The quantitative estimate of drug-likeness (QED) is 0.659. The molecule has 2 N–H and O–H groups in total. The molecule has 2 bridgehead atoms. The lowest BCUT2D eigenvalue weighted by Gasteiger charge is -2.24. The molecule has 2 fully saturated rings. The summed E-state index contributed by atoms with van der Waals surface area (Å²) in [5, 5.41) is 7.25. The number of esters is 1. The minimum absolute atomic E-state index is 0.307. The van der Waals surface area contributed by atoms with Gasteiger partial charge in [0.25, 0.3) is 0 Å². The standard InChI is InChI=1S/C17H22N2O2S/c1-2-21-16(20)13-4-3-5-14(10-13)18-17(22)19-15-9-11-6-7-12(15)8-11/h3-5,10-12,15H,2,6-9H2,1H3,(H2,18,19,22)/t11-,12-,15+/m1/s1. The molecule has 2 aliphatic carbocycles. The Hall–Kier alpha value is -1.62. The molecule has 0 heterocycles. The molecule has 4 nitrogen and oxygen atoms in total. The van der Waals surface area contributed by atoms with Crippen molar-refractivity contribution >= 4 is 29.0 Å². The minimum atomic E-state index is -0.307. The van der Waals surface area contributed by atoms with Gasteiger partial charge in [-0.25, -0.2) is 4.79 Å². The monoisotopic (exact) mass is 318 g/mol. The highest BCUT2D eigenvalue weighted by atomic mass is 32.1. The van der Waals surface area contributed by atoms with Crippen molar-refractivity contribution in [1.82, 2.24) is 5.32 Å². The maximum absolute atomic E-state index is 11.7. The number of nitrogens with one attached hydrogen (secondary N) is 2. The number of fused-ring (bicyclic) bond motifs is 2. The summed E-state index contributed by atoms with van der Waals surface area (Å²) in [5.41, 5.74) is 1.35. The van der Waals surface area contributed by atoms with Gasteiger partial charge in [-0.2, -0.15) is 0 Å². The fourth-order valence-corrected chi connectivity index (χ4v) is 3.96. The van der Waals surface area contributed by atoms with E-state index in [0.717, 1.165) is 17.5 Å². The fourth-order valence-electron chi connectivity index (χ4n) is 3.70. The summed E-state index contributed by atoms with van der Waals surface area (Å²) in [6.07, 6.45) is 5.28. The van der Waals surface area contributed by atoms with Crippen LogP contribution in [0, 0.1) is 11.8 Å². The van der Waals surface area contributed by atoms with Gasteiger partial charge in [-0.3, -0.25) is 0 Å². The van der Waals surface area contributed by atoms with Crippen molar-refractivity contribution in [1.29, 1.82) is 0 Å². The first kappa shape index (κ1) is 15.3. The summed E-state index contributed by atoms with van der Waals surface area (Å²) in [4.78, 5) is 11.7. The van der Waals surface area contributed by atoms with E-state index in [1.165, 1.54) is 25.7 Å². The molecule has 0 saturated heterocycles. The molecule has 5 heteroatoms. The van der Waals surface area contributed by atoms with Crippen LogP contribution in [0.5, 0.6) is 0 Å². The van der Waals surface area contributed by atoms with Crippen LogP contribution in [0.3, 0.4) is 0 Å². The molecular weight excluding hydrogens is 296 g/mol. The first-order valence-corrected chi connectivity index (χ1v) is 8.41. The van der Waals surface area contributed by atoms with Crippen molar-refractivity contribution in [2.45, 2.75) is 38.6 Å². The number of hydrogen-bond donors (Lipinski definition) is 2. The van der Waals surface area contributed by atoms with Crippen molar-refractivity contribution in [2.75, 3.05) is 11.9 Å². The van der Waals surface area contributed by atoms with Crippen LogP contribution in [0.1, 0.15) is 43.0 Å². The smallest absolute Gasteiger partial charge is 0.338 e. The van der Waals surface area contributed by atoms with Gasteiger partial charge in [0.2, 0.25) is 0 Å². The van der Waals surface area contributed by atoms with Crippen molar-refractivity contribution in [3.8, 4) is 0 Å². The molecule has 3 atom stereocenters. The Balaban J connectivity index is 1.57. The van der Waals surface area contributed by atoms with Gasteiger partial charge in [0, 0.05) is 11.7 Å². The van der Waals surface area contributed by atoms with E-state index in [4.69, 9.17) is 17.0 Å². The van der Waals surface area contributed by atoms with Gasteiger partial charge in [-0.1, -0.05) is 12.5 Å². The minimum Gasteiger partial charge on any atom is -0.462 e. The second kappa shape index (κ2) is 6.65. The molecule has 118 valence electrons. The molecule has 1 aromatic carbocycles. The van der Waals surface area contributed by atoms with E-state index in [9.17, 15) is 4.79 Å². The molecule has 22 heavy (non-hydrogen) atoms. The summed E-state index contributed by atoms with van der Waals surface area (Å²) >= 11 is 5.41. The normalized spacial score (nSPS) is 25.8. The SMILES string of the molecule is CCOC(=O)c1cccc(NC(=S)N[C@H]2C[C@@H]3CC[C@@H]2C3)c1. The number of hydrogen-bond acceptors (Lipinski definition) is 3. The maximum atomic E-state index is 11.7. The third-order valence-electron chi connectivity index (χ3n) is 4.69. The highest BCUT2D eigenvalue weighted by Crippen LogP contribution is 2.44. The number of anilines is 1. The van der Waals surface area contributed by atoms with Gasteiger partial charge in [-0.05, 0) is 68.4 Å². The number of carbonyl (C=O) groups is 1. The number of rotatable bonds is 4. The molecular formula is C17H22N2O2S. The highest BCUT2D eigenvalue weighted by Gasteiger charge is 2.39. The van der Waals surface area contributed by atoms with E-state index < -0.39 is 0 Å². The Morgan fingerprint density at radius 3 is 2.91 bits per heavy atom. The molecule has 0 aromatic heterocycles. The van der Waals surface area contributed by atoms with Crippen LogP contribution in [-0.4, -0.2) is 23.7 Å². The lowest BCUT2D eigenvalue weighted by atomic mass is 9.96. The zero-order chi connectivity index (χ0) is 15.5. The Morgan fingerprint density at radius 1 is 1.36 bits per heavy atom. The summed E-state index contributed by atoms with van der Waals surface area (Å²) in [5.74, 6) is 1.35. The molecule has 2 aliphatic rings. The first-order chi connectivity index (χ1) is 10.7. The van der Waals surface area contributed by atoms with E-state index in [1.54, 1.807) is 19.1 Å². The summed E-state index contributed by atoms with van der Waals surface area (Å²) < 4.78 is 5.01. The Labute approximate surface area is 136 Å². The van der Waals surface area contributed by atoms with Crippen LogP contribution in [-0.2, 0) is 4.74 Å². The molecule has 2 saturated carbocycles. The maximum Gasteiger partial charge on any atom is 0.338 e. The molecule has 0 unspecified atom stereocenters. The molecule has 0 amide bonds. The van der Waals surface area contributed by atoms with E-state index in [-0.39, 0.29) is 5.97 Å². The largest absolute Gasteiger partial charge is 0.462 e. The van der Waals surface area contributed by atoms with Gasteiger partial charge >= 0.3 is 5.97 Å². The number of carbonyl (C=O) groups excluding carboxylic acids is 1. The van der Waals surface area contributed by atoms with Crippen molar-refractivity contribution < 1.29 is 9.53 Å². The Bertz CT molecular complexity index is 576. The molecule has 0 spiro atoms. The predicted molar refractivity (Wildman–Crippen MR) is 91.0 cm³/mol.